The van der Waals surface area contributed by atoms with Gasteiger partial charge in [0, 0.05) is 18.6 Å². The first-order valence-electron chi connectivity index (χ1n) is 15.7. The van der Waals surface area contributed by atoms with Crippen LogP contribution in [0.15, 0.2) is 72.8 Å². The number of allylic oxidation sites excluding steroid dienone is 1. The minimum Gasteiger partial charge on any atom is -0.417 e. The molecule has 0 unspecified atom stereocenters. The summed E-state index contributed by atoms with van der Waals surface area (Å²) in [6.07, 6.45) is 6.81. The molecule has 2 aromatic carbocycles. The molecule has 2 aromatic rings. The van der Waals surface area contributed by atoms with Crippen molar-refractivity contribution >= 4 is 14.1 Å². The van der Waals surface area contributed by atoms with E-state index >= 15 is 0 Å². The lowest BCUT2D eigenvalue weighted by atomic mass is 9.68. The van der Waals surface area contributed by atoms with Gasteiger partial charge in [-0.1, -0.05) is 107 Å². The Morgan fingerprint density at radius 2 is 1.67 bits per heavy atom. The van der Waals surface area contributed by atoms with Crippen LogP contribution in [0.2, 0.25) is 18.1 Å². The molecule has 0 aromatic heterocycles. The largest absolute Gasteiger partial charge is 0.417 e. The van der Waals surface area contributed by atoms with Gasteiger partial charge in [-0.2, -0.15) is 0 Å². The molecule has 0 radical (unpaired) electrons. The fourth-order valence-electron chi connectivity index (χ4n) is 6.85. The second-order valence-corrected chi connectivity index (χ2v) is 19.5. The number of fused-ring (bicyclic) bond motifs is 2. The van der Waals surface area contributed by atoms with Gasteiger partial charge in [0.15, 0.2) is 14.6 Å². The monoisotopic (exact) mass is 590 g/mol. The van der Waals surface area contributed by atoms with E-state index in [0.29, 0.717) is 44.4 Å². The van der Waals surface area contributed by atoms with Crippen LogP contribution in [0, 0.1) is 16.7 Å². The minimum absolute atomic E-state index is 0.0783. The Balaban J connectivity index is 1.49. The third kappa shape index (κ3) is 5.86. The third-order valence-corrected chi connectivity index (χ3v) is 15.5. The fraction of sp³-hybridized carbons (Fsp3) is 0.583. The SMILES string of the molecule is CC1(C)[C@@H]2CC[C@@]1(/C=C/[C@]1(OCc3ccccc3)CO[C@@H](c3ccccc3)O[C@H]1CCO[Si](C)(C)C(C)(C)C)C(=O)C2. The molecular formula is C36H50O5Si. The second-order valence-electron chi connectivity index (χ2n) is 14.7. The number of carbonyl (C=O) groups is 1. The van der Waals surface area contributed by atoms with Crippen molar-refractivity contribution in [1.82, 2.24) is 0 Å². The van der Waals surface area contributed by atoms with Gasteiger partial charge in [-0.25, -0.2) is 0 Å². The van der Waals surface area contributed by atoms with Gasteiger partial charge < -0.3 is 18.6 Å². The van der Waals surface area contributed by atoms with Crippen molar-refractivity contribution in [3.63, 3.8) is 0 Å². The van der Waals surface area contributed by atoms with Gasteiger partial charge in [0.1, 0.15) is 11.4 Å². The molecule has 3 fully saturated rings. The van der Waals surface area contributed by atoms with Gasteiger partial charge in [0.2, 0.25) is 0 Å². The fourth-order valence-corrected chi connectivity index (χ4v) is 7.91. The highest BCUT2D eigenvalue weighted by atomic mass is 28.4. The summed E-state index contributed by atoms with van der Waals surface area (Å²) in [6, 6.07) is 20.3. The Labute approximate surface area is 254 Å². The van der Waals surface area contributed by atoms with Crippen LogP contribution in [0.25, 0.3) is 0 Å². The van der Waals surface area contributed by atoms with Crippen molar-refractivity contribution in [3.05, 3.63) is 83.9 Å². The van der Waals surface area contributed by atoms with Crippen LogP contribution >= 0.6 is 0 Å². The number of benzene rings is 2. The zero-order chi connectivity index (χ0) is 30.2. The van der Waals surface area contributed by atoms with E-state index in [1.165, 1.54) is 0 Å². The zero-order valence-corrected chi connectivity index (χ0v) is 27.7. The van der Waals surface area contributed by atoms with Crippen molar-refractivity contribution < 1.29 is 23.4 Å². The maximum Gasteiger partial charge on any atom is 0.191 e. The van der Waals surface area contributed by atoms with E-state index in [-0.39, 0.29) is 16.6 Å². The molecule has 1 aliphatic heterocycles. The highest BCUT2D eigenvalue weighted by Crippen LogP contribution is 2.64. The highest BCUT2D eigenvalue weighted by molar-refractivity contribution is 6.74. The summed E-state index contributed by atoms with van der Waals surface area (Å²) in [5.74, 6) is 0.793. The quantitative estimate of drug-likeness (QED) is 0.205. The van der Waals surface area contributed by atoms with E-state index in [1.54, 1.807) is 0 Å². The first-order valence-corrected chi connectivity index (χ1v) is 18.6. The smallest absolute Gasteiger partial charge is 0.191 e. The van der Waals surface area contributed by atoms with Crippen LogP contribution in [-0.4, -0.2) is 39.0 Å². The molecule has 5 nitrogen and oxygen atoms in total. The van der Waals surface area contributed by atoms with Gasteiger partial charge >= 0.3 is 0 Å². The Kier molecular flexibility index (Phi) is 8.78. The molecule has 0 amide bonds. The molecule has 2 aliphatic carbocycles. The summed E-state index contributed by atoms with van der Waals surface area (Å²) >= 11 is 0. The highest BCUT2D eigenvalue weighted by Gasteiger charge is 2.63. The predicted molar refractivity (Wildman–Crippen MR) is 169 cm³/mol. The molecule has 1 heterocycles. The van der Waals surface area contributed by atoms with Crippen LogP contribution in [-0.2, 0) is 30.0 Å². The number of ether oxygens (including phenoxy) is 3. The molecule has 0 spiro atoms. The van der Waals surface area contributed by atoms with E-state index in [0.717, 1.165) is 24.0 Å². The van der Waals surface area contributed by atoms with Gasteiger partial charge in [-0.05, 0) is 54.3 Å². The first-order chi connectivity index (χ1) is 19.8. The molecular weight excluding hydrogens is 540 g/mol. The number of hydrogen-bond donors (Lipinski definition) is 0. The molecule has 6 heteroatoms. The normalized spacial score (nSPS) is 31.2. The first kappa shape index (κ1) is 31.3. The number of carbonyl (C=O) groups excluding carboxylic acids is 1. The third-order valence-electron chi connectivity index (χ3n) is 11.0. The second kappa shape index (κ2) is 11.8. The number of rotatable bonds is 10. The molecule has 228 valence electrons. The molecule has 42 heavy (non-hydrogen) atoms. The molecule has 3 aliphatic rings. The lowest BCUT2D eigenvalue weighted by Gasteiger charge is -2.46. The van der Waals surface area contributed by atoms with Gasteiger partial charge in [-0.3, -0.25) is 4.79 Å². The van der Waals surface area contributed by atoms with Crippen LogP contribution in [0.3, 0.4) is 0 Å². The van der Waals surface area contributed by atoms with Crippen molar-refractivity contribution in [2.24, 2.45) is 16.7 Å². The Morgan fingerprint density at radius 3 is 2.26 bits per heavy atom. The number of ketones is 1. The van der Waals surface area contributed by atoms with E-state index < -0.39 is 25.6 Å². The van der Waals surface area contributed by atoms with Gasteiger partial charge in [0.25, 0.3) is 0 Å². The Morgan fingerprint density at radius 1 is 1.00 bits per heavy atom. The summed E-state index contributed by atoms with van der Waals surface area (Å²) < 4.78 is 26.8. The van der Waals surface area contributed by atoms with Crippen molar-refractivity contribution in [3.8, 4) is 0 Å². The zero-order valence-electron chi connectivity index (χ0n) is 26.7. The van der Waals surface area contributed by atoms with E-state index in [4.69, 9.17) is 18.6 Å². The maximum atomic E-state index is 13.5. The maximum absolute atomic E-state index is 13.5. The van der Waals surface area contributed by atoms with E-state index in [9.17, 15) is 4.79 Å². The van der Waals surface area contributed by atoms with Crippen LogP contribution in [0.5, 0.6) is 0 Å². The summed E-state index contributed by atoms with van der Waals surface area (Å²) in [5, 5.41) is 0.115. The molecule has 2 bridgehead atoms. The topological polar surface area (TPSA) is 54.0 Å². The van der Waals surface area contributed by atoms with E-state index in [2.05, 4.69) is 72.0 Å². The Bertz CT molecular complexity index is 1250. The summed E-state index contributed by atoms with van der Waals surface area (Å²) in [6.45, 7) is 17.2. The lowest BCUT2D eigenvalue weighted by Crippen LogP contribution is -2.54. The standard InChI is InChI=1S/C36H50O5Si/c1-33(2,3)42(6,7)40-23-19-31-36(39-25-27-14-10-8-11-15-27,26-38-32(41-31)28-16-12-9-13-17-28)22-21-35-20-18-29(24-30(35)37)34(35,4)5/h8-17,21-22,29,31-32H,18-20,23-26H2,1-7H3/b22-21+/t29-,31+,32-,35-,36+/m1/s1. The van der Waals surface area contributed by atoms with Crippen molar-refractivity contribution in [2.45, 2.75) is 103 Å². The van der Waals surface area contributed by atoms with Crippen LogP contribution < -0.4 is 0 Å². The molecule has 1 saturated heterocycles. The lowest BCUT2D eigenvalue weighted by molar-refractivity contribution is -0.295. The molecule has 2 saturated carbocycles. The molecule has 0 N–H and O–H groups in total. The van der Waals surface area contributed by atoms with Crippen molar-refractivity contribution in [2.75, 3.05) is 13.2 Å². The summed E-state index contributed by atoms with van der Waals surface area (Å²) in [4.78, 5) is 13.5. The van der Waals surface area contributed by atoms with Crippen LogP contribution in [0.1, 0.15) is 77.7 Å². The van der Waals surface area contributed by atoms with Gasteiger partial charge in [-0.15, -0.1) is 0 Å². The summed E-state index contributed by atoms with van der Waals surface area (Å²) in [5.41, 5.74) is 0.648. The minimum atomic E-state index is -1.96. The predicted octanol–water partition coefficient (Wildman–Crippen LogP) is 8.42. The Hall–Kier alpha value is -2.09. The molecule has 5 rings (SSSR count). The number of hydrogen-bond acceptors (Lipinski definition) is 5. The van der Waals surface area contributed by atoms with Crippen LogP contribution in [0.4, 0.5) is 0 Å². The number of Topliss-reactive ketones (excluding diaryl/α,β-unsaturated/α-hetero) is 1. The average Bonchev–Trinajstić information content (AvgIpc) is 3.31. The summed E-state index contributed by atoms with van der Waals surface area (Å²) in [7, 11) is -1.96. The van der Waals surface area contributed by atoms with Crippen molar-refractivity contribution in [1.29, 1.82) is 0 Å². The average molecular weight is 591 g/mol. The molecule has 5 atom stereocenters. The van der Waals surface area contributed by atoms with E-state index in [1.807, 2.05) is 48.5 Å². The van der Waals surface area contributed by atoms with Gasteiger partial charge in [0.05, 0.1) is 24.7 Å².